The van der Waals surface area contributed by atoms with Crippen LogP contribution in [-0.4, -0.2) is 64.2 Å². The summed E-state index contributed by atoms with van der Waals surface area (Å²) in [7, 11) is -0.451. The Kier molecular flexibility index (Phi) is 28.8. The average molecular weight is 176 g/mol. The molecule has 0 aromatic carbocycles. The molecule has 0 fully saturated rings. The molecule has 3 N–H and O–H groups in total. The first-order valence-electron chi connectivity index (χ1n) is 1.44. The number of hydrogen-bond acceptors (Lipinski definition) is 3. The predicted molar refractivity (Wildman–Crippen MR) is 34.6 cm³/mol. The van der Waals surface area contributed by atoms with Gasteiger partial charge in [-0.15, -0.1) is 0 Å². The molecule has 0 radical (unpaired) electrons. The van der Waals surface area contributed by atoms with E-state index < -0.39 is 14.6 Å². The van der Waals surface area contributed by atoms with Crippen LogP contribution in [0, 0.1) is 0 Å². The molecule has 7 heteroatoms. The van der Waals surface area contributed by atoms with E-state index in [4.69, 9.17) is 4.79 Å². The molecule has 0 saturated carbocycles. The molecule has 5 nitrogen and oxygen atoms in total. The van der Waals surface area contributed by atoms with Gasteiger partial charge in [-0.2, -0.15) is 0 Å². The summed E-state index contributed by atoms with van der Waals surface area (Å²) in [6.07, 6.45) is 0. The van der Waals surface area contributed by atoms with Gasteiger partial charge in [0.2, 0.25) is 0 Å². The minimum atomic E-state index is -0.785. The number of nitrogens with two attached hydrogens (primary N) is 1. The number of carbonyl (C=O) groups excluding carboxylic acids is 2. The van der Waals surface area contributed by atoms with E-state index in [0.29, 0.717) is 0 Å². The van der Waals surface area contributed by atoms with Crippen LogP contribution in [0.4, 0.5) is 4.79 Å². The number of amides is 2. The third-order valence-corrected chi connectivity index (χ3v) is 0.468. The van der Waals surface area contributed by atoms with Gasteiger partial charge in [0.05, 0.1) is 0 Å². The third-order valence-electron chi connectivity index (χ3n) is 0.156. The van der Waals surface area contributed by atoms with Gasteiger partial charge in [0, 0.05) is 0 Å². The van der Waals surface area contributed by atoms with Crippen molar-refractivity contribution in [3.63, 3.8) is 0 Å². The van der Waals surface area contributed by atoms with E-state index in [2.05, 4.69) is 5.73 Å². The van der Waals surface area contributed by atoms with Gasteiger partial charge in [0.15, 0.2) is 0 Å². The molecule has 9 heavy (non-hydrogen) atoms. The van der Waals surface area contributed by atoms with Crippen molar-refractivity contribution in [3.05, 3.63) is 0 Å². The quantitative estimate of drug-likeness (QED) is 0.398. The molecular weight excluding hydrogens is 170 g/mol. The van der Waals surface area contributed by atoms with Gasteiger partial charge in [-0.1, -0.05) is 0 Å². The number of nitrogens with one attached hydrogen (secondary N) is 1. The first kappa shape index (κ1) is 16.3. The molecule has 0 aliphatic carbocycles. The molecule has 0 bridgehead atoms. The van der Waals surface area contributed by atoms with Gasteiger partial charge in [-0.05, 0) is 0 Å². The summed E-state index contributed by atoms with van der Waals surface area (Å²) < 4.78 is 9.30. The Morgan fingerprint density at radius 2 is 1.89 bits per heavy atom. The number of carbonyl (C=O) groups is 2. The summed E-state index contributed by atoms with van der Waals surface area (Å²) in [6.45, 7) is 2.00. The Morgan fingerprint density at radius 3 is 1.89 bits per heavy atom. The minimum absolute atomic E-state index is 0. The predicted octanol–water partition coefficient (Wildman–Crippen LogP) is -0.972. The number of hydrogen-bond donors (Lipinski definition) is 2. The number of rotatable bonds is 1. The van der Waals surface area contributed by atoms with Crippen molar-refractivity contribution in [1.29, 1.82) is 0 Å². The van der Waals surface area contributed by atoms with Crippen molar-refractivity contribution < 1.29 is 14.2 Å². The van der Waals surface area contributed by atoms with Crippen molar-refractivity contribution >= 4 is 72.8 Å². The first-order valence-corrected chi connectivity index (χ1v) is 2.25. The molecule has 0 aliphatic rings. The summed E-state index contributed by atoms with van der Waals surface area (Å²) in [5, 5.41) is 1.76. The molecule has 0 heterocycles. The van der Waals surface area contributed by atoms with Gasteiger partial charge >= 0.3 is 57.4 Å². The Hall–Kier alpha value is 0.676. The van der Waals surface area contributed by atoms with Gasteiger partial charge in [0.1, 0.15) is 6.79 Å². The molecule has 0 aromatic rings. The molecular formula is C2H6KN2O3P. The van der Waals surface area contributed by atoms with Crippen LogP contribution in [-0.2, 0) is 9.36 Å². The van der Waals surface area contributed by atoms with Crippen LogP contribution in [0.3, 0.4) is 0 Å². The van der Waals surface area contributed by atoms with Gasteiger partial charge < -0.3 is 10.5 Å². The second-order valence-corrected chi connectivity index (χ2v) is 0.974. The fourth-order valence-corrected chi connectivity index (χ4v) is 0.135. The fourth-order valence-electron chi connectivity index (χ4n) is 0.0450. The van der Waals surface area contributed by atoms with Crippen molar-refractivity contribution in [2.24, 2.45) is 5.73 Å². The van der Waals surface area contributed by atoms with Crippen LogP contribution in [0.15, 0.2) is 0 Å². The van der Waals surface area contributed by atoms with Crippen LogP contribution >= 0.6 is 8.61 Å². The van der Waals surface area contributed by atoms with Crippen LogP contribution in [0.1, 0.15) is 0 Å². The molecule has 2 amide bonds. The van der Waals surface area contributed by atoms with Crippen molar-refractivity contribution in [2.45, 2.75) is 0 Å². The van der Waals surface area contributed by atoms with E-state index in [1.54, 1.807) is 5.09 Å². The second kappa shape index (κ2) is 15.9. The van der Waals surface area contributed by atoms with E-state index in [1.807, 2.05) is 6.79 Å². The van der Waals surface area contributed by atoms with Crippen molar-refractivity contribution in [1.82, 2.24) is 5.09 Å². The molecule has 48 valence electrons. The van der Waals surface area contributed by atoms with Gasteiger partial charge in [-0.3, -0.25) is 5.09 Å². The summed E-state index contributed by atoms with van der Waals surface area (Å²) in [5.74, 6) is 0. The number of primary amides is 1. The van der Waals surface area contributed by atoms with Crippen LogP contribution < -0.4 is 10.8 Å². The Labute approximate surface area is 96.4 Å². The first-order chi connectivity index (χ1) is 3.77. The molecule has 0 rings (SSSR count). The van der Waals surface area contributed by atoms with Gasteiger partial charge in [0.25, 0.3) is 8.61 Å². The monoisotopic (exact) mass is 176 g/mol. The zero-order chi connectivity index (χ0) is 6.99. The maximum atomic E-state index is 9.50. The number of urea groups is 1. The second-order valence-electron chi connectivity index (χ2n) is 0.567. The zero-order valence-corrected chi connectivity index (χ0v) is 4.85. The summed E-state index contributed by atoms with van der Waals surface area (Å²) in [6, 6.07) is -0.785. The van der Waals surface area contributed by atoms with Crippen molar-refractivity contribution in [3.8, 4) is 0 Å². The molecule has 0 saturated heterocycles. The summed E-state index contributed by atoms with van der Waals surface area (Å²) in [5.41, 5.74) is 4.45. The normalized spacial score (nSPS) is 5.78. The average Bonchev–Trinajstić information content (AvgIpc) is 1.72. The van der Waals surface area contributed by atoms with E-state index >= 15 is 0 Å². The summed E-state index contributed by atoms with van der Waals surface area (Å²) in [4.78, 5) is 17.5. The van der Waals surface area contributed by atoms with Crippen LogP contribution in [0.5, 0.6) is 0 Å². The van der Waals surface area contributed by atoms with Crippen LogP contribution in [0.2, 0.25) is 0 Å². The summed E-state index contributed by atoms with van der Waals surface area (Å²) >= 11 is 0. The third kappa shape index (κ3) is 28.6. The Bertz CT molecular complexity index is 89.9. The zero-order valence-electron chi connectivity index (χ0n) is 3.96. The molecule has 0 aromatic heterocycles. The fraction of sp³-hybridized carbons (Fsp3) is 0. The topological polar surface area (TPSA) is 89.3 Å². The molecule has 0 spiro atoms. The van der Waals surface area contributed by atoms with Crippen LogP contribution in [0.25, 0.3) is 0 Å². The Morgan fingerprint density at radius 1 is 1.56 bits per heavy atom. The molecule has 0 atom stereocenters. The van der Waals surface area contributed by atoms with E-state index in [1.165, 1.54) is 0 Å². The van der Waals surface area contributed by atoms with Gasteiger partial charge in [-0.25, -0.2) is 9.36 Å². The molecule has 0 aliphatic heterocycles. The van der Waals surface area contributed by atoms with E-state index in [9.17, 15) is 9.36 Å². The van der Waals surface area contributed by atoms with E-state index in [0.717, 1.165) is 0 Å². The molecule has 0 unspecified atom stereocenters. The standard InChI is InChI=1S/CH3N2O2P.CH2O.K.H/c2-1(4)3-6-5;1-2;;/h(H3,2,3,4,5);1H2;;. The van der Waals surface area contributed by atoms with Crippen molar-refractivity contribution in [2.75, 3.05) is 0 Å². The SMILES string of the molecule is C=O.NC(=O)NP=O.[KH]. The van der Waals surface area contributed by atoms with E-state index in [-0.39, 0.29) is 51.4 Å². The maximum absolute atomic E-state index is 9.50. The Balaban J connectivity index is -0.000000109.